The maximum absolute atomic E-state index is 9.47. The minimum absolute atomic E-state index is 0.196. The Labute approximate surface area is 144 Å². The molecule has 0 unspecified atom stereocenters. The van der Waals surface area contributed by atoms with Crippen LogP contribution >= 0.6 is 11.3 Å². The zero-order chi connectivity index (χ0) is 16.4. The van der Waals surface area contributed by atoms with Crippen molar-refractivity contribution in [3.05, 3.63) is 35.0 Å². The summed E-state index contributed by atoms with van der Waals surface area (Å²) in [6, 6.07) is 2.47. The highest BCUT2D eigenvalue weighted by atomic mass is 32.1. The number of aliphatic hydroxyl groups is 1. The summed E-state index contributed by atoms with van der Waals surface area (Å²) in [5.74, 6) is 0.899. The van der Waals surface area contributed by atoms with Gasteiger partial charge in [-0.15, -0.1) is 0 Å². The summed E-state index contributed by atoms with van der Waals surface area (Å²) in [5.41, 5.74) is 2.92. The number of H-pyrrole nitrogens is 1. The van der Waals surface area contributed by atoms with Crippen molar-refractivity contribution in [2.75, 3.05) is 31.1 Å². The van der Waals surface area contributed by atoms with Crippen molar-refractivity contribution in [3.8, 4) is 0 Å². The first kappa shape index (κ1) is 15.5. The van der Waals surface area contributed by atoms with Crippen molar-refractivity contribution in [2.24, 2.45) is 0 Å². The normalized spacial score (nSPS) is 19.2. The van der Waals surface area contributed by atoms with Gasteiger partial charge in [-0.1, -0.05) is 0 Å². The van der Waals surface area contributed by atoms with Gasteiger partial charge in [0.15, 0.2) is 11.5 Å². The molecular formula is C16H20N6OS. The summed E-state index contributed by atoms with van der Waals surface area (Å²) in [6.45, 7) is 3.82. The summed E-state index contributed by atoms with van der Waals surface area (Å²) in [5, 5.41) is 13.8. The number of piperazine rings is 1. The molecule has 4 heterocycles. The molecule has 0 aliphatic carbocycles. The number of thiophene rings is 1. The largest absolute Gasteiger partial charge is 0.396 e. The first-order valence-electron chi connectivity index (χ1n) is 8.10. The Hall–Kier alpha value is -2.03. The van der Waals surface area contributed by atoms with Crippen LogP contribution in [0.1, 0.15) is 12.0 Å². The Balaban J connectivity index is 1.54. The van der Waals surface area contributed by atoms with Crippen LogP contribution in [0.15, 0.2) is 29.5 Å². The highest BCUT2D eigenvalue weighted by Crippen LogP contribution is 2.25. The molecule has 0 saturated carbocycles. The molecule has 1 saturated heterocycles. The van der Waals surface area contributed by atoms with Crippen LogP contribution in [0, 0.1) is 0 Å². The van der Waals surface area contributed by atoms with Gasteiger partial charge in [0, 0.05) is 38.8 Å². The number of imidazole rings is 1. The molecule has 7 nitrogen and oxygen atoms in total. The SMILES string of the molecule is OCC[C@H]1CN(c2ncnc3nc[nH]c23)CCN1Cc1ccsc1. The molecule has 2 N–H and O–H groups in total. The fourth-order valence-corrected chi connectivity index (χ4v) is 3.99. The Morgan fingerprint density at radius 2 is 2.25 bits per heavy atom. The van der Waals surface area contributed by atoms with Crippen molar-refractivity contribution in [2.45, 2.75) is 19.0 Å². The third-order valence-corrected chi connectivity index (χ3v) is 5.27. The van der Waals surface area contributed by atoms with Crippen LogP contribution in [0.25, 0.3) is 11.2 Å². The van der Waals surface area contributed by atoms with Gasteiger partial charge in [0.05, 0.1) is 6.33 Å². The van der Waals surface area contributed by atoms with Gasteiger partial charge in [-0.2, -0.15) is 11.3 Å². The summed E-state index contributed by atoms with van der Waals surface area (Å²) < 4.78 is 0. The number of aliphatic hydroxyl groups excluding tert-OH is 1. The van der Waals surface area contributed by atoms with Crippen molar-refractivity contribution < 1.29 is 5.11 Å². The molecule has 0 radical (unpaired) electrons. The molecule has 3 aromatic rings. The number of fused-ring (bicyclic) bond motifs is 1. The van der Waals surface area contributed by atoms with Crippen molar-refractivity contribution in [1.29, 1.82) is 0 Å². The average molecular weight is 344 g/mol. The minimum atomic E-state index is 0.196. The molecule has 126 valence electrons. The Morgan fingerprint density at radius 3 is 3.08 bits per heavy atom. The van der Waals surface area contributed by atoms with Crippen LogP contribution in [0.4, 0.5) is 5.82 Å². The van der Waals surface area contributed by atoms with Gasteiger partial charge >= 0.3 is 0 Å². The number of nitrogens with one attached hydrogen (secondary N) is 1. The van der Waals surface area contributed by atoms with Crippen LogP contribution in [0.3, 0.4) is 0 Å². The Morgan fingerprint density at radius 1 is 1.29 bits per heavy atom. The fraction of sp³-hybridized carbons (Fsp3) is 0.438. The smallest absolute Gasteiger partial charge is 0.182 e. The molecule has 1 atom stereocenters. The van der Waals surface area contributed by atoms with E-state index in [9.17, 15) is 5.11 Å². The van der Waals surface area contributed by atoms with Crippen molar-refractivity contribution in [1.82, 2.24) is 24.8 Å². The summed E-state index contributed by atoms with van der Waals surface area (Å²) in [6.07, 6.45) is 3.98. The summed E-state index contributed by atoms with van der Waals surface area (Å²) in [7, 11) is 0. The molecule has 1 aliphatic rings. The van der Waals surface area contributed by atoms with E-state index in [1.54, 1.807) is 24.0 Å². The van der Waals surface area contributed by atoms with E-state index in [-0.39, 0.29) is 6.61 Å². The molecule has 0 aromatic carbocycles. The fourth-order valence-electron chi connectivity index (χ4n) is 3.33. The lowest BCUT2D eigenvalue weighted by Gasteiger charge is -2.41. The molecular weight excluding hydrogens is 324 g/mol. The van der Waals surface area contributed by atoms with E-state index >= 15 is 0 Å². The number of hydrogen-bond donors (Lipinski definition) is 2. The van der Waals surface area contributed by atoms with E-state index in [0.29, 0.717) is 11.7 Å². The molecule has 3 aromatic heterocycles. The lowest BCUT2D eigenvalue weighted by Crippen LogP contribution is -2.53. The lowest BCUT2D eigenvalue weighted by atomic mass is 10.1. The predicted octanol–water partition coefficient (Wildman–Crippen LogP) is 1.49. The van der Waals surface area contributed by atoms with Gasteiger partial charge in [0.25, 0.3) is 0 Å². The number of aromatic nitrogens is 4. The topological polar surface area (TPSA) is 81.2 Å². The molecule has 0 amide bonds. The summed E-state index contributed by atoms with van der Waals surface area (Å²) >= 11 is 1.73. The average Bonchev–Trinajstić information content (AvgIpc) is 3.27. The third-order valence-electron chi connectivity index (χ3n) is 4.54. The minimum Gasteiger partial charge on any atom is -0.396 e. The van der Waals surface area contributed by atoms with E-state index in [1.807, 2.05) is 0 Å². The van der Waals surface area contributed by atoms with Gasteiger partial charge in [0.2, 0.25) is 0 Å². The summed E-state index contributed by atoms with van der Waals surface area (Å²) in [4.78, 5) is 20.7. The molecule has 1 aliphatic heterocycles. The molecule has 8 heteroatoms. The Kier molecular flexibility index (Phi) is 4.42. The van der Waals surface area contributed by atoms with E-state index in [4.69, 9.17) is 0 Å². The lowest BCUT2D eigenvalue weighted by molar-refractivity contribution is 0.135. The van der Waals surface area contributed by atoms with E-state index in [2.05, 4.69) is 46.6 Å². The third kappa shape index (κ3) is 3.00. The maximum Gasteiger partial charge on any atom is 0.182 e. The second kappa shape index (κ2) is 6.84. The molecule has 0 bridgehead atoms. The maximum atomic E-state index is 9.47. The van der Waals surface area contributed by atoms with Crippen LogP contribution in [0.5, 0.6) is 0 Å². The van der Waals surface area contributed by atoms with Crippen molar-refractivity contribution >= 4 is 28.3 Å². The first-order valence-corrected chi connectivity index (χ1v) is 9.04. The first-order chi connectivity index (χ1) is 11.8. The van der Waals surface area contributed by atoms with Gasteiger partial charge in [-0.3, -0.25) is 4.90 Å². The zero-order valence-corrected chi connectivity index (χ0v) is 14.1. The van der Waals surface area contributed by atoms with Gasteiger partial charge in [0.1, 0.15) is 11.8 Å². The number of aromatic amines is 1. The van der Waals surface area contributed by atoms with E-state index in [1.165, 1.54) is 5.56 Å². The molecule has 1 fully saturated rings. The highest BCUT2D eigenvalue weighted by Gasteiger charge is 2.28. The van der Waals surface area contributed by atoms with Gasteiger partial charge in [-0.05, 0) is 28.8 Å². The van der Waals surface area contributed by atoms with Crippen LogP contribution in [-0.2, 0) is 6.54 Å². The standard InChI is InChI=1S/C16H20N6OS/c23-5-1-13-8-22(4-3-21(13)7-12-2-6-24-9-12)16-14-15(18-10-17-14)19-11-20-16/h2,6,9-11,13,23H,1,3-5,7-8H2,(H,17,18,19,20)/t13-/m0/s1. The van der Waals surface area contributed by atoms with E-state index < -0.39 is 0 Å². The second-order valence-electron chi connectivity index (χ2n) is 6.01. The molecule has 4 rings (SSSR count). The Bertz CT molecular complexity index is 789. The van der Waals surface area contributed by atoms with Crippen LogP contribution in [-0.4, -0.2) is 62.2 Å². The van der Waals surface area contributed by atoms with Gasteiger partial charge < -0.3 is 15.0 Å². The van der Waals surface area contributed by atoms with Gasteiger partial charge in [-0.25, -0.2) is 15.0 Å². The van der Waals surface area contributed by atoms with Crippen molar-refractivity contribution in [3.63, 3.8) is 0 Å². The highest BCUT2D eigenvalue weighted by molar-refractivity contribution is 7.07. The number of nitrogens with zero attached hydrogens (tertiary/aromatic N) is 5. The number of anilines is 1. The number of hydrogen-bond acceptors (Lipinski definition) is 7. The monoisotopic (exact) mass is 344 g/mol. The van der Waals surface area contributed by atoms with Crippen LogP contribution < -0.4 is 4.90 Å². The second-order valence-corrected chi connectivity index (χ2v) is 6.79. The number of rotatable bonds is 5. The zero-order valence-electron chi connectivity index (χ0n) is 13.3. The molecule has 0 spiro atoms. The predicted molar refractivity (Wildman–Crippen MR) is 94.1 cm³/mol. The quantitative estimate of drug-likeness (QED) is 0.730. The molecule has 24 heavy (non-hydrogen) atoms. The van der Waals surface area contributed by atoms with E-state index in [0.717, 1.165) is 43.9 Å². The van der Waals surface area contributed by atoms with Crippen LogP contribution in [0.2, 0.25) is 0 Å².